The van der Waals surface area contributed by atoms with Gasteiger partial charge in [0.25, 0.3) is 11.5 Å². The van der Waals surface area contributed by atoms with E-state index in [1.807, 2.05) is 0 Å². The number of nitrogens with one attached hydrogen (secondary N) is 1. The minimum Gasteiger partial charge on any atom is -0.435 e. The Morgan fingerprint density at radius 2 is 1.80 bits per heavy atom. The van der Waals surface area contributed by atoms with Crippen molar-refractivity contribution in [3.8, 4) is 10.8 Å². The monoisotopic (exact) mass is 752 g/mol. The van der Waals surface area contributed by atoms with Crippen molar-refractivity contribution in [2.75, 3.05) is 0 Å². The molecular formula is C33H42F2N6O8S2. The van der Waals surface area contributed by atoms with Crippen molar-refractivity contribution in [1.29, 1.82) is 0 Å². The van der Waals surface area contributed by atoms with E-state index in [0.717, 1.165) is 28.7 Å². The third-order valence-electron chi connectivity index (χ3n) is 9.79. The summed E-state index contributed by atoms with van der Waals surface area (Å²) in [6.45, 7) is 2.59. The highest BCUT2D eigenvalue weighted by Gasteiger charge is 2.52. The average Bonchev–Trinajstić information content (AvgIpc) is 3.35. The summed E-state index contributed by atoms with van der Waals surface area (Å²) in [5.41, 5.74) is -2.78. The number of para-hydroxylation sites is 1. The van der Waals surface area contributed by atoms with Crippen molar-refractivity contribution in [3.63, 3.8) is 0 Å². The normalized spacial score (nSPS) is 21.0. The SMILES string of the molecule is Cc1c(-n2nccn2)sc2c1c(=O)n(C(C)(C)C(=O)NS(=O)(=O)C1(C)CC1)c(=O)n2CCc1ccccc1OC(F)F.OC1C[C@H]2CC[C@@H](C1)O2.[HH]. The predicted octanol–water partition coefficient (Wildman–Crippen LogP) is 3.63. The van der Waals surface area contributed by atoms with Crippen LogP contribution in [-0.2, 0) is 38.1 Å². The maximum Gasteiger partial charge on any atom is 0.387 e. The molecule has 3 atom stereocenters. The van der Waals surface area contributed by atoms with Gasteiger partial charge in [0.15, 0.2) is 0 Å². The van der Waals surface area contributed by atoms with Gasteiger partial charge in [-0.1, -0.05) is 29.5 Å². The van der Waals surface area contributed by atoms with Gasteiger partial charge in [0, 0.05) is 13.5 Å². The molecule has 1 saturated carbocycles. The van der Waals surface area contributed by atoms with Crippen molar-refractivity contribution >= 4 is 37.5 Å². The number of hydrogen-bond acceptors (Lipinski definition) is 11. The zero-order valence-corrected chi connectivity index (χ0v) is 30.2. The van der Waals surface area contributed by atoms with Crippen molar-refractivity contribution < 1.29 is 38.0 Å². The van der Waals surface area contributed by atoms with Gasteiger partial charge >= 0.3 is 12.3 Å². The molecule has 1 aliphatic carbocycles. The number of rotatable bonds is 10. The highest BCUT2D eigenvalue weighted by atomic mass is 32.2. The number of sulfonamides is 1. The Bertz CT molecular complexity index is 2150. The number of aliphatic hydroxyl groups is 1. The minimum absolute atomic E-state index is 0. The molecule has 1 aromatic carbocycles. The third-order valence-corrected chi connectivity index (χ3v) is 13.2. The minimum atomic E-state index is -4.07. The van der Waals surface area contributed by atoms with Crippen molar-refractivity contribution in [2.24, 2.45) is 0 Å². The van der Waals surface area contributed by atoms with Crippen LogP contribution >= 0.6 is 11.3 Å². The Kier molecular flexibility index (Phi) is 9.99. The Balaban J connectivity index is 0.000000451. The number of nitrogens with zero attached hydrogens (tertiary/aromatic N) is 5. The standard InChI is InChI=1S/C26H28F2N6O6S2.C7H12O2.H2/c1-15-18-19(35)33(25(2,3)22(36)31-42(38,39)26(4)10-11-26)24(37)32(21(18)41-20(15)34-29-12-13-30-34)14-9-16-7-5-6-8-17(16)40-23(27)28;8-5-3-6-1-2-7(4-5)9-6;/h5-8,12-13,23H,9-11,14H2,1-4H3,(H,31,36);5-8H,1-4H2;1H/t;5?,6-,7+;. The molecule has 5 heterocycles. The molecule has 2 N–H and O–H groups in total. The van der Waals surface area contributed by atoms with Crippen molar-refractivity contribution in [1.82, 2.24) is 28.9 Å². The van der Waals surface area contributed by atoms with Crippen LogP contribution in [0.15, 0.2) is 46.2 Å². The van der Waals surface area contributed by atoms with E-state index in [1.54, 1.807) is 19.1 Å². The van der Waals surface area contributed by atoms with Crippen LogP contribution < -0.4 is 20.7 Å². The summed E-state index contributed by atoms with van der Waals surface area (Å²) in [5.74, 6) is -1.11. The number of carbonyl (C=O) groups excluding carboxylic acids is 1. The van der Waals surface area contributed by atoms with Gasteiger partial charge in [-0.3, -0.25) is 18.9 Å². The molecule has 51 heavy (non-hydrogen) atoms. The number of thiophene rings is 1. The van der Waals surface area contributed by atoms with E-state index < -0.39 is 44.1 Å². The molecule has 0 radical (unpaired) electrons. The van der Waals surface area contributed by atoms with Gasteiger partial charge < -0.3 is 14.6 Å². The number of aliphatic hydroxyl groups excluding tert-OH is 1. The number of aryl methyl sites for hydroxylation is 3. The summed E-state index contributed by atoms with van der Waals surface area (Å²) >= 11 is 1.08. The largest absolute Gasteiger partial charge is 0.435 e. The molecule has 3 aromatic heterocycles. The van der Waals surface area contributed by atoms with E-state index in [2.05, 4.69) is 19.7 Å². The second-order valence-electron chi connectivity index (χ2n) is 13.9. The first-order chi connectivity index (χ1) is 24.0. The average molecular weight is 753 g/mol. The Morgan fingerprint density at radius 3 is 2.41 bits per heavy atom. The summed E-state index contributed by atoms with van der Waals surface area (Å²) in [6, 6.07) is 6.13. The maximum atomic E-state index is 14.0. The molecule has 3 fully saturated rings. The molecule has 14 nitrogen and oxygen atoms in total. The van der Waals surface area contributed by atoms with Crippen LogP contribution in [0.3, 0.4) is 0 Å². The van der Waals surface area contributed by atoms with Gasteiger partial charge in [-0.05, 0) is 84.3 Å². The molecule has 4 aromatic rings. The van der Waals surface area contributed by atoms with Gasteiger partial charge in [0.05, 0.1) is 40.8 Å². The quantitative estimate of drug-likeness (QED) is 0.243. The predicted molar refractivity (Wildman–Crippen MR) is 186 cm³/mol. The summed E-state index contributed by atoms with van der Waals surface area (Å²) < 4.78 is 64.8. The van der Waals surface area contributed by atoms with Crippen LogP contribution in [0.2, 0.25) is 0 Å². The number of halogens is 2. The van der Waals surface area contributed by atoms with E-state index in [-0.39, 0.29) is 36.5 Å². The molecule has 2 bridgehead atoms. The number of carbonyl (C=O) groups is 1. The molecule has 7 rings (SSSR count). The van der Waals surface area contributed by atoms with E-state index in [0.29, 0.717) is 41.2 Å². The summed E-state index contributed by atoms with van der Waals surface area (Å²) in [6.07, 6.45) is 8.49. The topological polar surface area (TPSA) is 177 Å². The van der Waals surface area contributed by atoms with Gasteiger partial charge in [-0.2, -0.15) is 19.0 Å². The first kappa shape index (κ1) is 36.8. The van der Waals surface area contributed by atoms with E-state index >= 15 is 0 Å². The second kappa shape index (κ2) is 13.9. The summed E-state index contributed by atoms with van der Waals surface area (Å²) in [5, 5.41) is 18.0. The first-order valence-electron chi connectivity index (χ1n) is 16.6. The second-order valence-corrected chi connectivity index (χ2v) is 17.0. The number of alkyl halides is 2. The third kappa shape index (κ3) is 7.23. The van der Waals surface area contributed by atoms with Crippen molar-refractivity contribution in [2.45, 2.75) is 114 Å². The van der Waals surface area contributed by atoms with Crippen LogP contribution in [-0.4, -0.2) is 73.2 Å². The molecule has 1 amide bonds. The zero-order valence-electron chi connectivity index (χ0n) is 28.5. The Labute approximate surface area is 297 Å². The van der Waals surface area contributed by atoms with Crippen LogP contribution in [0.5, 0.6) is 5.75 Å². The van der Waals surface area contributed by atoms with E-state index in [4.69, 9.17) is 4.74 Å². The number of aromatic nitrogens is 5. The van der Waals surface area contributed by atoms with Crippen LogP contribution in [0.25, 0.3) is 15.2 Å². The lowest BCUT2D eigenvalue weighted by atomic mass is 10.0. The molecular weight excluding hydrogens is 711 g/mol. The summed E-state index contributed by atoms with van der Waals surface area (Å²) in [4.78, 5) is 42.9. The number of hydrogen-bond donors (Lipinski definition) is 2. The smallest absolute Gasteiger partial charge is 0.387 e. The fourth-order valence-corrected chi connectivity index (χ4v) is 9.05. The molecule has 2 saturated heterocycles. The molecule has 1 unspecified atom stereocenters. The van der Waals surface area contributed by atoms with E-state index in [9.17, 15) is 36.7 Å². The van der Waals surface area contributed by atoms with Crippen LogP contribution in [0.1, 0.15) is 71.8 Å². The highest BCUT2D eigenvalue weighted by molar-refractivity contribution is 7.91. The van der Waals surface area contributed by atoms with Gasteiger partial charge in [-0.25, -0.2) is 17.8 Å². The zero-order chi connectivity index (χ0) is 36.9. The Morgan fingerprint density at radius 1 is 1.18 bits per heavy atom. The molecule has 278 valence electrons. The number of benzene rings is 1. The first-order valence-corrected chi connectivity index (χ1v) is 18.9. The van der Waals surface area contributed by atoms with Gasteiger partial charge in [0.1, 0.15) is 21.1 Å². The van der Waals surface area contributed by atoms with Gasteiger partial charge in [0.2, 0.25) is 10.0 Å². The lowest BCUT2D eigenvalue weighted by Crippen LogP contribution is -2.57. The van der Waals surface area contributed by atoms with E-state index in [1.165, 1.54) is 67.5 Å². The van der Waals surface area contributed by atoms with Gasteiger partial charge in [-0.15, -0.1) is 4.80 Å². The molecule has 18 heteroatoms. The number of fused-ring (bicyclic) bond motifs is 3. The Hall–Kier alpha value is -4.00. The molecule has 3 aliphatic rings. The summed E-state index contributed by atoms with van der Waals surface area (Å²) in [7, 11) is -4.07. The lowest BCUT2D eigenvalue weighted by molar-refractivity contribution is -0.126. The maximum absolute atomic E-state index is 14.0. The molecule has 2 aliphatic heterocycles. The van der Waals surface area contributed by atoms with Crippen molar-refractivity contribution in [3.05, 3.63) is 68.6 Å². The lowest BCUT2D eigenvalue weighted by Gasteiger charge is -2.27. The number of amides is 1. The fourth-order valence-electron chi connectivity index (χ4n) is 6.44. The van der Waals surface area contributed by atoms with Crippen LogP contribution in [0.4, 0.5) is 8.78 Å². The fraction of sp³-hybridized carbons (Fsp3) is 0.545. The highest BCUT2D eigenvalue weighted by Crippen LogP contribution is 2.42. The molecule has 0 spiro atoms. The van der Waals surface area contributed by atoms with Crippen LogP contribution in [0, 0.1) is 6.92 Å². The number of ether oxygens (including phenoxy) is 2.